The van der Waals surface area contributed by atoms with Crippen molar-refractivity contribution in [3.05, 3.63) is 29.3 Å². The Balaban J connectivity index is 3.43. The Labute approximate surface area is 105 Å². The third kappa shape index (κ3) is 2.87. The van der Waals surface area contributed by atoms with Gasteiger partial charge in [0.05, 0.1) is 5.69 Å². The number of hydrogen-bond donors (Lipinski definition) is 0. The zero-order valence-electron chi connectivity index (χ0n) is 11.7. The lowest BCUT2D eigenvalue weighted by atomic mass is 9.92. The molecule has 2 heteroatoms. The summed E-state index contributed by atoms with van der Waals surface area (Å²) in [6.07, 6.45) is 0. The van der Waals surface area contributed by atoms with E-state index in [1.165, 1.54) is 11.1 Å². The summed E-state index contributed by atoms with van der Waals surface area (Å²) in [6, 6.07) is 6.32. The molecule has 0 aromatic heterocycles. The van der Waals surface area contributed by atoms with Crippen molar-refractivity contribution in [3.63, 3.8) is 0 Å². The van der Waals surface area contributed by atoms with E-state index in [1.807, 2.05) is 7.05 Å². The van der Waals surface area contributed by atoms with Crippen molar-refractivity contribution in [1.82, 2.24) is 0 Å². The first-order valence-electron chi connectivity index (χ1n) is 6.23. The number of nitrogens with zero attached hydrogens (tertiary/aromatic N) is 1. The number of para-hydroxylation sites is 1. The average molecular weight is 233 g/mol. The molecule has 1 aromatic rings. The third-order valence-corrected chi connectivity index (χ3v) is 3.15. The van der Waals surface area contributed by atoms with Crippen molar-refractivity contribution in [2.45, 2.75) is 46.5 Å². The zero-order chi connectivity index (χ0) is 13.2. The van der Waals surface area contributed by atoms with Gasteiger partial charge in [0.25, 0.3) is 0 Å². The summed E-state index contributed by atoms with van der Waals surface area (Å²) in [7, 11) is 1.86. The minimum atomic E-state index is 0.0833. The van der Waals surface area contributed by atoms with Crippen molar-refractivity contribution in [2.24, 2.45) is 0 Å². The average Bonchev–Trinajstić information content (AvgIpc) is 2.26. The molecule has 0 aliphatic carbocycles. The molecule has 0 bridgehead atoms. The maximum atomic E-state index is 11.6. The molecule has 0 fully saturated rings. The molecule has 0 atom stereocenters. The van der Waals surface area contributed by atoms with Gasteiger partial charge in [0, 0.05) is 14.0 Å². The van der Waals surface area contributed by atoms with Crippen LogP contribution in [-0.2, 0) is 4.79 Å². The Hall–Kier alpha value is -1.31. The highest BCUT2D eigenvalue weighted by Crippen LogP contribution is 2.34. The van der Waals surface area contributed by atoms with Gasteiger partial charge in [-0.25, -0.2) is 0 Å². The number of benzene rings is 1. The van der Waals surface area contributed by atoms with E-state index in [-0.39, 0.29) is 5.91 Å². The topological polar surface area (TPSA) is 20.3 Å². The number of anilines is 1. The molecule has 0 aliphatic heterocycles. The largest absolute Gasteiger partial charge is 0.315 e. The molecule has 0 aliphatic rings. The van der Waals surface area contributed by atoms with Crippen molar-refractivity contribution >= 4 is 11.6 Å². The number of amides is 1. The van der Waals surface area contributed by atoms with Crippen LogP contribution in [-0.4, -0.2) is 13.0 Å². The molecule has 2 nitrogen and oxygen atoms in total. The predicted octanol–water partition coefficient (Wildman–Crippen LogP) is 3.92. The van der Waals surface area contributed by atoms with E-state index in [4.69, 9.17) is 0 Å². The van der Waals surface area contributed by atoms with Crippen LogP contribution in [0.15, 0.2) is 18.2 Å². The minimum absolute atomic E-state index is 0.0833. The van der Waals surface area contributed by atoms with Gasteiger partial charge in [-0.3, -0.25) is 4.79 Å². The van der Waals surface area contributed by atoms with Crippen LogP contribution in [0.5, 0.6) is 0 Å². The summed E-state index contributed by atoms with van der Waals surface area (Å²) in [4.78, 5) is 13.4. The van der Waals surface area contributed by atoms with Gasteiger partial charge < -0.3 is 4.90 Å². The summed E-state index contributed by atoms with van der Waals surface area (Å²) in [5.41, 5.74) is 3.58. The first-order chi connectivity index (χ1) is 7.86. The Morgan fingerprint density at radius 1 is 1.06 bits per heavy atom. The second kappa shape index (κ2) is 5.35. The van der Waals surface area contributed by atoms with Gasteiger partial charge in [0.1, 0.15) is 0 Å². The Bertz CT molecular complexity index is 381. The Morgan fingerprint density at radius 3 is 1.76 bits per heavy atom. The molecular formula is C15H23NO. The smallest absolute Gasteiger partial charge is 0.223 e. The molecule has 0 radical (unpaired) electrons. The Morgan fingerprint density at radius 2 is 1.47 bits per heavy atom. The zero-order valence-corrected chi connectivity index (χ0v) is 11.7. The van der Waals surface area contributed by atoms with Crippen LogP contribution in [0, 0.1) is 0 Å². The second-order valence-corrected chi connectivity index (χ2v) is 5.17. The molecule has 0 saturated heterocycles. The highest BCUT2D eigenvalue weighted by molar-refractivity contribution is 5.93. The van der Waals surface area contributed by atoms with E-state index in [1.54, 1.807) is 11.8 Å². The van der Waals surface area contributed by atoms with Crippen molar-refractivity contribution in [2.75, 3.05) is 11.9 Å². The first-order valence-corrected chi connectivity index (χ1v) is 6.23. The van der Waals surface area contributed by atoms with Crippen LogP contribution >= 0.6 is 0 Å². The molecular weight excluding hydrogens is 210 g/mol. The van der Waals surface area contributed by atoms with Gasteiger partial charge in [0.2, 0.25) is 5.91 Å². The fourth-order valence-electron chi connectivity index (χ4n) is 2.06. The number of carbonyl (C=O) groups excluding carboxylic acids is 1. The summed E-state index contributed by atoms with van der Waals surface area (Å²) in [5.74, 6) is 0.927. The van der Waals surface area contributed by atoms with Gasteiger partial charge in [-0.2, -0.15) is 0 Å². The van der Waals surface area contributed by atoms with Crippen LogP contribution in [0.4, 0.5) is 5.69 Å². The summed E-state index contributed by atoms with van der Waals surface area (Å²) in [6.45, 7) is 10.3. The van der Waals surface area contributed by atoms with Crippen LogP contribution in [0.3, 0.4) is 0 Å². The molecule has 0 unspecified atom stereocenters. The molecule has 0 N–H and O–H groups in total. The fraction of sp³-hybridized carbons (Fsp3) is 0.533. The number of hydrogen-bond acceptors (Lipinski definition) is 1. The van der Waals surface area contributed by atoms with E-state index in [2.05, 4.69) is 45.9 Å². The van der Waals surface area contributed by atoms with Crippen LogP contribution in [0.1, 0.15) is 57.6 Å². The van der Waals surface area contributed by atoms with Crippen molar-refractivity contribution < 1.29 is 4.79 Å². The predicted molar refractivity (Wildman–Crippen MR) is 73.7 cm³/mol. The van der Waals surface area contributed by atoms with E-state index in [0.717, 1.165) is 5.69 Å². The maximum absolute atomic E-state index is 11.6. The van der Waals surface area contributed by atoms with E-state index in [9.17, 15) is 4.79 Å². The van der Waals surface area contributed by atoms with Gasteiger partial charge >= 0.3 is 0 Å². The Kier molecular flexibility index (Phi) is 4.33. The van der Waals surface area contributed by atoms with E-state index < -0.39 is 0 Å². The van der Waals surface area contributed by atoms with E-state index >= 15 is 0 Å². The second-order valence-electron chi connectivity index (χ2n) is 5.17. The van der Waals surface area contributed by atoms with Crippen LogP contribution < -0.4 is 4.90 Å². The SMILES string of the molecule is CC(=O)N(C)c1c(C(C)C)cccc1C(C)C. The summed E-state index contributed by atoms with van der Waals surface area (Å²) in [5, 5.41) is 0. The highest BCUT2D eigenvalue weighted by atomic mass is 16.2. The minimum Gasteiger partial charge on any atom is -0.315 e. The lowest BCUT2D eigenvalue weighted by molar-refractivity contribution is -0.116. The molecule has 0 saturated carbocycles. The van der Waals surface area contributed by atoms with Gasteiger partial charge in [-0.1, -0.05) is 45.9 Å². The van der Waals surface area contributed by atoms with E-state index in [0.29, 0.717) is 11.8 Å². The normalized spacial score (nSPS) is 11.1. The standard InChI is InChI=1S/C15H23NO/c1-10(2)13-8-7-9-14(11(3)4)15(13)16(6)12(5)17/h7-11H,1-6H3. The van der Waals surface area contributed by atoms with Gasteiger partial charge in [0.15, 0.2) is 0 Å². The first kappa shape index (κ1) is 13.8. The quantitative estimate of drug-likeness (QED) is 0.775. The summed E-state index contributed by atoms with van der Waals surface area (Å²) >= 11 is 0. The molecule has 0 heterocycles. The van der Waals surface area contributed by atoms with Crippen molar-refractivity contribution in [3.8, 4) is 0 Å². The lowest BCUT2D eigenvalue weighted by Crippen LogP contribution is -2.26. The van der Waals surface area contributed by atoms with Crippen LogP contribution in [0.2, 0.25) is 0 Å². The molecule has 94 valence electrons. The van der Waals surface area contributed by atoms with Crippen LogP contribution in [0.25, 0.3) is 0 Å². The molecule has 1 amide bonds. The van der Waals surface area contributed by atoms with Crippen molar-refractivity contribution in [1.29, 1.82) is 0 Å². The summed E-state index contributed by atoms with van der Waals surface area (Å²) < 4.78 is 0. The highest BCUT2D eigenvalue weighted by Gasteiger charge is 2.18. The van der Waals surface area contributed by atoms with Gasteiger partial charge in [-0.15, -0.1) is 0 Å². The monoisotopic (exact) mass is 233 g/mol. The van der Waals surface area contributed by atoms with Gasteiger partial charge in [-0.05, 0) is 23.0 Å². The lowest BCUT2D eigenvalue weighted by Gasteiger charge is -2.26. The fourth-order valence-corrected chi connectivity index (χ4v) is 2.06. The number of carbonyl (C=O) groups is 1. The molecule has 0 spiro atoms. The molecule has 1 aromatic carbocycles. The third-order valence-electron chi connectivity index (χ3n) is 3.15. The maximum Gasteiger partial charge on any atom is 0.223 e. The molecule has 1 rings (SSSR count). The number of rotatable bonds is 3. The molecule has 17 heavy (non-hydrogen) atoms.